The van der Waals surface area contributed by atoms with Crippen molar-refractivity contribution < 1.29 is 4.79 Å². The van der Waals surface area contributed by atoms with Crippen molar-refractivity contribution >= 4 is 56.5 Å². The van der Waals surface area contributed by atoms with Crippen LogP contribution in [0.5, 0.6) is 0 Å². The van der Waals surface area contributed by atoms with Gasteiger partial charge in [-0.3, -0.25) is 10.1 Å². The van der Waals surface area contributed by atoms with Crippen molar-refractivity contribution in [2.24, 2.45) is 0 Å². The van der Waals surface area contributed by atoms with Crippen LogP contribution in [0.25, 0.3) is 10.8 Å². The summed E-state index contributed by atoms with van der Waals surface area (Å²) in [7, 11) is 0. The molecule has 0 fully saturated rings. The number of aromatic nitrogens is 2. The molecule has 0 bridgehead atoms. The molecule has 1 N–H and O–H groups in total. The summed E-state index contributed by atoms with van der Waals surface area (Å²) in [5, 5.41) is 14.2. The summed E-state index contributed by atoms with van der Waals surface area (Å²) in [4.78, 5) is 12.7. The van der Waals surface area contributed by atoms with Crippen LogP contribution >= 0.6 is 34.7 Å². The van der Waals surface area contributed by atoms with Gasteiger partial charge >= 0.3 is 0 Å². The summed E-state index contributed by atoms with van der Waals surface area (Å²) < 4.78 is 0.781. The lowest BCUT2D eigenvalue weighted by Crippen LogP contribution is -2.12. The summed E-state index contributed by atoms with van der Waals surface area (Å²) in [5.41, 5.74) is 1.66. The fourth-order valence-electron chi connectivity index (χ4n) is 2.66. The zero-order valence-electron chi connectivity index (χ0n) is 14.1. The van der Waals surface area contributed by atoms with Gasteiger partial charge in [0.25, 0.3) is 5.91 Å². The van der Waals surface area contributed by atoms with Crippen molar-refractivity contribution in [2.45, 2.75) is 10.1 Å². The third-order valence-corrected chi connectivity index (χ3v) is 6.36. The van der Waals surface area contributed by atoms with Gasteiger partial charge in [-0.2, -0.15) is 0 Å². The van der Waals surface area contributed by atoms with Crippen LogP contribution in [0.15, 0.2) is 71.1 Å². The molecule has 0 spiro atoms. The molecule has 3 aromatic carbocycles. The second-order valence-corrected chi connectivity index (χ2v) is 8.34. The number of amides is 1. The first-order chi connectivity index (χ1) is 13.2. The fraction of sp³-hybridized carbons (Fsp3) is 0.0500. The molecular weight excluding hydrogens is 398 g/mol. The van der Waals surface area contributed by atoms with E-state index in [1.165, 1.54) is 11.3 Å². The highest BCUT2D eigenvalue weighted by Crippen LogP contribution is 2.30. The Labute approximate surface area is 169 Å². The smallest absolute Gasteiger partial charge is 0.258 e. The lowest BCUT2D eigenvalue weighted by molar-refractivity contribution is 0.102. The number of nitrogens with zero attached hydrogens (tertiary/aromatic N) is 2. The van der Waals surface area contributed by atoms with Gasteiger partial charge in [-0.05, 0) is 28.5 Å². The predicted octanol–water partition coefficient (Wildman–Crippen LogP) is 5.89. The summed E-state index contributed by atoms with van der Waals surface area (Å²) in [6.45, 7) is 0. The van der Waals surface area contributed by atoms with Gasteiger partial charge in [-0.25, -0.2) is 0 Å². The molecule has 27 heavy (non-hydrogen) atoms. The molecule has 0 saturated heterocycles. The van der Waals surface area contributed by atoms with Crippen LogP contribution in [0.1, 0.15) is 15.9 Å². The van der Waals surface area contributed by atoms with Gasteiger partial charge in [0.15, 0.2) is 4.34 Å². The molecule has 1 heterocycles. The minimum atomic E-state index is -0.189. The average molecular weight is 412 g/mol. The molecule has 4 nitrogen and oxygen atoms in total. The van der Waals surface area contributed by atoms with E-state index in [4.69, 9.17) is 11.6 Å². The molecule has 0 unspecified atom stereocenters. The Hall–Kier alpha value is -2.41. The van der Waals surface area contributed by atoms with Crippen molar-refractivity contribution in [3.05, 3.63) is 82.9 Å². The molecule has 0 atom stereocenters. The first-order valence-corrected chi connectivity index (χ1v) is 10.4. The van der Waals surface area contributed by atoms with Crippen LogP contribution in [0.2, 0.25) is 5.02 Å². The van der Waals surface area contributed by atoms with Crippen LogP contribution in [-0.2, 0) is 5.75 Å². The van der Waals surface area contributed by atoms with E-state index in [1.807, 2.05) is 66.7 Å². The number of benzene rings is 3. The first-order valence-electron chi connectivity index (χ1n) is 8.19. The van der Waals surface area contributed by atoms with Crippen molar-refractivity contribution in [1.29, 1.82) is 0 Å². The van der Waals surface area contributed by atoms with Gasteiger partial charge in [-0.1, -0.05) is 89.3 Å². The van der Waals surface area contributed by atoms with E-state index in [0.29, 0.717) is 16.4 Å². The number of nitrogens with one attached hydrogen (secondary N) is 1. The number of thioether (sulfide) groups is 1. The highest BCUT2D eigenvalue weighted by molar-refractivity contribution is 8.00. The van der Waals surface area contributed by atoms with Crippen molar-refractivity contribution in [3.63, 3.8) is 0 Å². The molecule has 0 aliphatic rings. The largest absolute Gasteiger partial charge is 0.296 e. The van der Waals surface area contributed by atoms with Crippen LogP contribution in [0.4, 0.5) is 5.13 Å². The topological polar surface area (TPSA) is 54.9 Å². The molecule has 7 heteroatoms. The van der Waals surface area contributed by atoms with E-state index in [0.717, 1.165) is 25.7 Å². The minimum Gasteiger partial charge on any atom is -0.296 e. The van der Waals surface area contributed by atoms with Gasteiger partial charge in [0.2, 0.25) is 5.13 Å². The second kappa shape index (κ2) is 8.08. The number of carbonyl (C=O) groups is 1. The van der Waals surface area contributed by atoms with Gasteiger partial charge in [0.1, 0.15) is 0 Å². The van der Waals surface area contributed by atoms with Crippen LogP contribution in [-0.4, -0.2) is 16.1 Å². The maximum Gasteiger partial charge on any atom is 0.258 e. The number of rotatable bonds is 5. The predicted molar refractivity (Wildman–Crippen MR) is 113 cm³/mol. The number of hydrogen-bond donors (Lipinski definition) is 1. The van der Waals surface area contributed by atoms with E-state index in [-0.39, 0.29) is 5.91 Å². The lowest BCUT2D eigenvalue weighted by atomic mass is 10.0. The quantitative estimate of drug-likeness (QED) is 0.328. The third kappa shape index (κ3) is 4.13. The first kappa shape index (κ1) is 18.0. The maximum atomic E-state index is 12.7. The van der Waals surface area contributed by atoms with E-state index in [1.54, 1.807) is 11.8 Å². The number of hydrogen-bond acceptors (Lipinski definition) is 5. The molecule has 134 valence electrons. The molecule has 1 aromatic heterocycles. The number of carbonyl (C=O) groups excluding carboxylic acids is 1. The molecule has 0 aliphatic carbocycles. The molecule has 0 aliphatic heterocycles. The lowest BCUT2D eigenvalue weighted by Gasteiger charge is -2.05. The van der Waals surface area contributed by atoms with Crippen molar-refractivity contribution in [3.8, 4) is 0 Å². The van der Waals surface area contributed by atoms with E-state index in [9.17, 15) is 4.79 Å². The molecule has 4 aromatic rings. The molecule has 0 saturated carbocycles. The van der Waals surface area contributed by atoms with Gasteiger partial charge < -0.3 is 0 Å². The molecule has 4 rings (SSSR count). The van der Waals surface area contributed by atoms with Gasteiger partial charge in [-0.15, -0.1) is 10.2 Å². The normalized spacial score (nSPS) is 10.9. The number of halogens is 1. The zero-order valence-corrected chi connectivity index (χ0v) is 16.4. The van der Waals surface area contributed by atoms with Gasteiger partial charge in [0, 0.05) is 16.3 Å². The third-order valence-electron chi connectivity index (χ3n) is 3.97. The van der Waals surface area contributed by atoms with E-state index >= 15 is 0 Å². The Kier molecular flexibility index (Phi) is 5.38. The monoisotopic (exact) mass is 411 g/mol. The number of anilines is 1. The zero-order chi connectivity index (χ0) is 18.6. The fourth-order valence-corrected chi connectivity index (χ4v) is 4.69. The maximum absolute atomic E-state index is 12.7. The van der Waals surface area contributed by atoms with Crippen LogP contribution in [0.3, 0.4) is 0 Å². The van der Waals surface area contributed by atoms with E-state index in [2.05, 4.69) is 15.5 Å². The van der Waals surface area contributed by atoms with Gasteiger partial charge in [0.05, 0.1) is 0 Å². The summed E-state index contributed by atoms with van der Waals surface area (Å²) in [6.07, 6.45) is 0. The minimum absolute atomic E-state index is 0.189. The second-order valence-electron chi connectivity index (χ2n) is 5.73. The highest BCUT2D eigenvalue weighted by Gasteiger charge is 2.13. The van der Waals surface area contributed by atoms with E-state index < -0.39 is 0 Å². The van der Waals surface area contributed by atoms with Crippen LogP contribution in [0, 0.1) is 0 Å². The van der Waals surface area contributed by atoms with Crippen molar-refractivity contribution in [2.75, 3.05) is 5.32 Å². The molecule has 1 amide bonds. The Morgan fingerprint density at radius 1 is 1.00 bits per heavy atom. The standard InChI is InChI=1S/C20H14ClN3OS2/c21-17-11-4-2-7-14(17)12-26-20-24-23-19(27-20)22-18(25)16-10-5-8-13-6-1-3-9-15(13)16/h1-11H,12H2,(H,22,23,25). The SMILES string of the molecule is O=C(Nc1nnc(SCc2ccccc2Cl)s1)c1cccc2ccccc12. The highest BCUT2D eigenvalue weighted by atomic mass is 35.5. The average Bonchev–Trinajstić information content (AvgIpc) is 3.14. The Balaban J connectivity index is 1.46. The molecular formula is C20H14ClN3OS2. The Morgan fingerprint density at radius 2 is 1.78 bits per heavy atom. The summed E-state index contributed by atoms with van der Waals surface area (Å²) in [5.74, 6) is 0.511. The summed E-state index contributed by atoms with van der Waals surface area (Å²) in [6, 6.07) is 21.2. The molecule has 0 radical (unpaired) electrons. The summed E-state index contributed by atoms with van der Waals surface area (Å²) >= 11 is 9.07. The van der Waals surface area contributed by atoms with Crippen LogP contribution < -0.4 is 5.32 Å². The Bertz CT molecular complexity index is 1110. The Morgan fingerprint density at radius 3 is 2.67 bits per heavy atom. The van der Waals surface area contributed by atoms with Crippen molar-refractivity contribution in [1.82, 2.24) is 10.2 Å². The number of fused-ring (bicyclic) bond motifs is 1.